The van der Waals surface area contributed by atoms with Gasteiger partial charge in [0, 0.05) is 12.4 Å². The van der Waals surface area contributed by atoms with Crippen LogP contribution in [-0.2, 0) is 0 Å². The lowest BCUT2D eigenvalue weighted by molar-refractivity contribution is 0.100. The Morgan fingerprint density at radius 3 is 2.79 bits per heavy atom. The molecule has 0 N–H and O–H groups in total. The molecule has 2 rings (SSSR count). The van der Waals surface area contributed by atoms with E-state index in [4.69, 9.17) is 4.42 Å². The van der Waals surface area contributed by atoms with Crippen LogP contribution in [0.15, 0.2) is 39.8 Å². The van der Waals surface area contributed by atoms with Crippen LogP contribution in [-0.4, -0.2) is 15.8 Å². The number of furan rings is 1. The maximum Gasteiger partial charge on any atom is 0.248 e. The Balaban J connectivity index is 2.34. The Bertz CT molecular complexity index is 453. The summed E-state index contributed by atoms with van der Waals surface area (Å²) in [5.74, 6) is -0.0267. The van der Waals surface area contributed by atoms with Gasteiger partial charge in [-0.25, -0.2) is 4.98 Å². The van der Waals surface area contributed by atoms with Gasteiger partial charge in [0.15, 0.2) is 10.4 Å². The highest BCUT2D eigenvalue weighted by molar-refractivity contribution is 9.10. The van der Waals surface area contributed by atoms with E-state index >= 15 is 0 Å². The van der Waals surface area contributed by atoms with E-state index in [1.165, 1.54) is 18.6 Å². The summed E-state index contributed by atoms with van der Waals surface area (Å²) in [5, 5.41) is 0. The van der Waals surface area contributed by atoms with Gasteiger partial charge < -0.3 is 4.42 Å². The lowest BCUT2D eigenvalue weighted by atomic mass is 10.2. The number of hydrogen-bond acceptors (Lipinski definition) is 4. The van der Waals surface area contributed by atoms with Gasteiger partial charge in [0.1, 0.15) is 5.69 Å². The molecule has 0 aliphatic rings. The van der Waals surface area contributed by atoms with Crippen LogP contribution in [0.1, 0.15) is 16.2 Å². The van der Waals surface area contributed by atoms with Gasteiger partial charge in [0.2, 0.25) is 5.78 Å². The first-order valence-corrected chi connectivity index (χ1v) is 4.63. The van der Waals surface area contributed by atoms with Crippen molar-refractivity contribution >= 4 is 21.7 Å². The van der Waals surface area contributed by atoms with E-state index in [9.17, 15) is 4.79 Å². The molecule has 0 aliphatic heterocycles. The molecular weight excluding hydrogens is 248 g/mol. The number of nitrogens with zero attached hydrogens (tertiary/aromatic N) is 2. The van der Waals surface area contributed by atoms with E-state index < -0.39 is 0 Å². The van der Waals surface area contributed by atoms with Gasteiger partial charge in [-0.3, -0.25) is 9.78 Å². The standard InChI is InChI=1S/C9H5BrN2O2/c10-8-2-1-7(14-8)9(13)6-5-11-3-4-12-6/h1-5H. The van der Waals surface area contributed by atoms with Crippen LogP contribution < -0.4 is 0 Å². The maximum atomic E-state index is 11.6. The van der Waals surface area contributed by atoms with E-state index in [0.717, 1.165) is 0 Å². The summed E-state index contributed by atoms with van der Waals surface area (Å²) < 4.78 is 5.62. The first kappa shape index (κ1) is 9.08. The smallest absolute Gasteiger partial charge is 0.248 e. The van der Waals surface area contributed by atoms with Gasteiger partial charge in [0.25, 0.3) is 0 Å². The molecule has 0 saturated carbocycles. The molecule has 5 heteroatoms. The molecule has 0 radical (unpaired) electrons. The Morgan fingerprint density at radius 2 is 2.21 bits per heavy atom. The number of rotatable bonds is 2. The summed E-state index contributed by atoms with van der Waals surface area (Å²) >= 11 is 3.12. The number of hydrogen-bond donors (Lipinski definition) is 0. The van der Waals surface area contributed by atoms with Crippen molar-refractivity contribution in [2.75, 3.05) is 0 Å². The van der Waals surface area contributed by atoms with Gasteiger partial charge in [-0.15, -0.1) is 0 Å². The third kappa shape index (κ3) is 1.72. The fourth-order valence-electron chi connectivity index (χ4n) is 0.979. The minimum Gasteiger partial charge on any atom is -0.446 e. The highest BCUT2D eigenvalue weighted by Crippen LogP contribution is 2.16. The zero-order valence-electron chi connectivity index (χ0n) is 6.98. The number of halogens is 1. The van der Waals surface area contributed by atoms with Gasteiger partial charge >= 0.3 is 0 Å². The van der Waals surface area contributed by atoms with Crippen molar-refractivity contribution in [2.24, 2.45) is 0 Å². The molecule has 0 aromatic carbocycles. The van der Waals surface area contributed by atoms with Crippen LogP contribution in [0.4, 0.5) is 0 Å². The minimum absolute atomic E-state index is 0.248. The monoisotopic (exact) mass is 252 g/mol. The Morgan fingerprint density at radius 1 is 1.36 bits per heavy atom. The lowest BCUT2D eigenvalue weighted by Crippen LogP contribution is -2.02. The zero-order chi connectivity index (χ0) is 9.97. The highest BCUT2D eigenvalue weighted by atomic mass is 79.9. The van der Waals surface area contributed by atoms with Crippen LogP contribution in [0, 0.1) is 0 Å². The van der Waals surface area contributed by atoms with Crippen molar-refractivity contribution in [3.63, 3.8) is 0 Å². The van der Waals surface area contributed by atoms with Crippen molar-refractivity contribution < 1.29 is 9.21 Å². The summed E-state index contributed by atoms with van der Waals surface area (Å²) in [6.07, 6.45) is 4.37. The molecule has 0 saturated heterocycles. The van der Waals surface area contributed by atoms with Crippen molar-refractivity contribution in [1.29, 1.82) is 0 Å². The predicted molar refractivity (Wildman–Crippen MR) is 51.9 cm³/mol. The summed E-state index contributed by atoms with van der Waals surface area (Å²) in [6, 6.07) is 3.24. The molecule has 0 aliphatic carbocycles. The second-order valence-electron chi connectivity index (χ2n) is 2.52. The fraction of sp³-hybridized carbons (Fsp3) is 0. The topological polar surface area (TPSA) is 56.0 Å². The molecule has 2 aromatic heterocycles. The molecule has 0 fully saturated rings. The quantitative estimate of drug-likeness (QED) is 0.768. The second-order valence-corrected chi connectivity index (χ2v) is 3.31. The van der Waals surface area contributed by atoms with Crippen LogP contribution in [0.5, 0.6) is 0 Å². The molecular formula is C9H5BrN2O2. The van der Waals surface area contributed by atoms with Crippen molar-refractivity contribution in [1.82, 2.24) is 9.97 Å². The van der Waals surface area contributed by atoms with E-state index in [-0.39, 0.29) is 17.2 Å². The molecule has 0 spiro atoms. The SMILES string of the molecule is O=C(c1cnccn1)c1ccc(Br)o1. The molecule has 0 atom stereocenters. The predicted octanol–water partition coefficient (Wildman–Crippen LogP) is 2.06. The molecule has 2 aromatic rings. The van der Waals surface area contributed by atoms with E-state index in [1.54, 1.807) is 12.1 Å². The van der Waals surface area contributed by atoms with Gasteiger partial charge in [-0.1, -0.05) is 0 Å². The zero-order valence-corrected chi connectivity index (χ0v) is 8.56. The molecule has 0 unspecified atom stereocenters. The normalized spacial score (nSPS) is 10.1. The summed E-state index contributed by atoms with van der Waals surface area (Å²) in [6.45, 7) is 0. The van der Waals surface area contributed by atoms with Crippen molar-refractivity contribution in [2.45, 2.75) is 0 Å². The van der Waals surface area contributed by atoms with Crippen molar-refractivity contribution in [3.8, 4) is 0 Å². The van der Waals surface area contributed by atoms with Gasteiger partial charge in [-0.2, -0.15) is 0 Å². The number of carbonyl (C=O) groups excluding carboxylic acids is 1. The van der Waals surface area contributed by atoms with Gasteiger partial charge in [0.05, 0.1) is 6.20 Å². The first-order valence-electron chi connectivity index (χ1n) is 3.83. The Labute approximate surface area is 88.1 Å². The second kappa shape index (κ2) is 3.71. The van der Waals surface area contributed by atoms with Crippen molar-refractivity contribution in [3.05, 3.63) is 46.8 Å². The summed E-state index contributed by atoms with van der Waals surface area (Å²) in [5.41, 5.74) is 0.273. The van der Waals surface area contributed by atoms with Gasteiger partial charge in [-0.05, 0) is 28.1 Å². The molecule has 4 nitrogen and oxygen atoms in total. The third-order valence-corrected chi connectivity index (χ3v) is 2.02. The highest BCUT2D eigenvalue weighted by Gasteiger charge is 2.13. The van der Waals surface area contributed by atoms with Crippen LogP contribution in [0.25, 0.3) is 0 Å². The Kier molecular flexibility index (Phi) is 2.41. The average Bonchev–Trinajstić information content (AvgIpc) is 2.65. The number of ketones is 1. The minimum atomic E-state index is -0.274. The molecule has 2 heterocycles. The van der Waals surface area contributed by atoms with Crippen LogP contribution in [0.2, 0.25) is 0 Å². The number of aromatic nitrogens is 2. The third-order valence-electron chi connectivity index (χ3n) is 1.59. The first-order chi connectivity index (χ1) is 6.77. The number of carbonyl (C=O) groups is 1. The maximum absolute atomic E-state index is 11.6. The van der Waals surface area contributed by atoms with E-state index in [0.29, 0.717) is 4.67 Å². The largest absolute Gasteiger partial charge is 0.446 e. The van der Waals surface area contributed by atoms with Crippen LogP contribution in [0.3, 0.4) is 0 Å². The Hall–Kier alpha value is -1.49. The summed E-state index contributed by atoms with van der Waals surface area (Å²) in [7, 11) is 0. The molecule has 70 valence electrons. The molecule has 0 bridgehead atoms. The molecule has 0 amide bonds. The van der Waals surface area contributed by atoms with E-state index in [2.05, 4.69) is 25.9 Å². The fourth-order valence-corrected chi connectivity index (χ4v) is 1.29. The van der Waals surface area contributed by atoms with Crippen LogP contribution >= 0.6 is 15.9 Å². The van der Waals surface area contributed by atoms with E-state index in [1.807, 2.05) is 0 Å². The average molecular weight is 253 g/mol. The molecule has 14 heavy (non-hydrogen) atoms. The summed E-state index contributed by atoms with van der Waals surface area (Å²) in [4.78, 5) is 19.3. The lowest BCUT2D eigenvalue weighted by Gasteiger charge is -1.93.